The Hall–Kier alpha value is -1.06. The molecule has 0 saturated heterocycles. The van der Waals surface area contributed by atoms with Crippen molar-refractivity contribution in [3.63, 3.8) is 0 Å². The monoisotopic (exact) mass is 291 g/mol. The van der Waals surface area contributed by atoms with E-state index in [0.717, 1.165) is 43.5 Å². The third kappa shape index (κ3) is 4.72. The van der Waals surface area contributed by atoms with Gasteiger partial charge in [0, 0.05) is 17.6 Å². The van der Waals surface area contributed by atoms with Crippen LogP contribution in [0.25, 0.3) is 0 Å². The van der Waals surface area contributed by atoms with E-state index in [0.29, 0.717) is 0 Å². The Kier molecular flexibility index (Phi) is 5.28. The molecule has 0 amide bonds. The number of aliphatic hydroxyl groups is 1. The van der Waals surface area contributed by atoms with Crippen molar-refractivity contribution in [3.8, 4) is 5.75 Å². The second-order valence-corrected chi connectivity index (χ2v) is 7.17. The average molecular weight is 291 g/mol. The molecule has 1 aliphatic rings. The second kappa shape index (κ2) is 6.80. The lowest BCUT2D eigenvalue weighted by Gasteiger charge is -2.30. The van der Waals surface area contributed by atoms with E-state index in [2.05, 4.69) is 51.2 Å². The number of hydrogen-bond acceptors (Lipinski definition) is 3. The predicted octanol–water partition coefficient (Wildman–Crippen LogP) is 3.57. The number of benzene rings is 1. The summed E-state index contributed by atoms with van der Waals surface area (Å²) >= 11 is 0. The zero-order chi connectivity index (χ0) is 15.5. The van der Waals surface area contributed by atoms with Crippen molar-refractivity contribution < 1.29 is 9.84 Å². The molecule has 0 bridgehead atoms. The molecule has 1 saturated carbocycles. The molecule has 0 aliphatic heterocycles. The van der Waals surface area contributed by atoms with Gasteiger partial charge < -0.3 is 15.2 Å². The molecule has 0 radical (unpaired) electrons. The second-order valence-electron chi connectivity index (χ2n) is 7.17. The van der Waals surface area contributed by atoms with Crippen LogP contribution in [-0.4, -0.2) is 22.9 Å². The number of ether oxygens (including phenoxy) is 1. The van der Waals surface area contributed by atoms with Gasteiger partial charge in [-0.3, -0.25) is 0 Å². The van der Waals surface area contributed by atoms with Crippen molar-refractivity contribution in [1.82, 2.24) is 5.32 Å². The van der Waals surface area contributed by atoms with Crippen LogP contribution in [0.2, 0.25) is 0 Å². The highest BCUT2D eigenvalue weighted by molar-refractivity contribution is 5.41. The SMILES string of the molecule is Cc1cccc(CNC(C)(C)C)c1OC1CCCCC1O. The molecule has 118 valence electrons. The maximum absolute atomic E-state index is 10.1. The zero-order valence-electron chi connectivity index (χ0n) is 13.8. The molecule has 1 aromatic rings. The molecule has 1 aliphatic carbocycles. The first-order valence-electron chi connectivity index (χ1n) is 8.05. The molecule has 2 N–H and O–H groups in total. The molecule has 2 unspecified atom stereocenters. The van der Waals surface area contributed by atoms with Crippen molar-refractivity contribution in [1.29, 1.82) is 0 Å². The summed E-state index contributed by atoms with van der Waals surface area (Å²) in [6.45, 7) is 9.34. The van der Waals surface area contributed by atoms with Crippen LogP contribution in [0.4, 0.5) is 0 Å². The molecule has 21 heavy (non-hydrogen) atoms. The summed E-state index contributed by atoms with van der Waals surface area (Å²) < 4.78 is 6.20. The van der Waals surface area contributed by atoms with Gasteiger partial charge in [0.25, 0.3) is 0 Å². The lowest BCUT2D eigenvalue weighted by Crippen LogP contribution is -2.37. The lowest BCUT2D eigenvalue weighted by molar-refractivity contribution is 0.00598. The van der Waals surface area contributed by atoms with Gasteiger partial charge in [0.15, 0.2) is 0 Å². The van der Waals surface area contributed by atoms with Gasteiger partial charge >= 0.3 is 0 Å². The minimum atomic E-state index is -0.332. The first-order valence-corrected chi connectivity index (χ1v) is 8.05. The molecule has 3 nitrogen and oxygen atoms in total. The fourth-order valence-electron chi connectivity index (χ4n) is 2.75. The van der Waals surface area contributed by atoms with Gasteiger partial charge in [-0.15, -0.1) is 0 Å². The average Bonchev–Trinajstić information content (AvgIpc) is 2.41. The molecule has 2 rings (SSSR count). The Bertz CT molecular complexity index is 465. The topological polar surface area (TPSA) is 41.5 Å². The molecule has 1 fully saturated rings. The highest BCUT2D eigenvalue weighted by Crippen LogP contribution is 2.29. The van der Waals surface area contributed by atoms with Crippen LogP contribution in [0.5, 0.6) is 5.75 Å². The van der Waals surface area contributed by atoms with E-state index in [-0.39, 0.29) is 17.7 Å². The van der Waals surface area contributed by atoms with Crippen LogP contribution in [-0.2, 0) is 6.54 Å². The molecule has 0 heterocycles. The molecule has 0 aromatic heterocycles. The van der Waals surface area contributed by atoms with E-state index < -0.39 is 0 Å². The first kappa shape index (κ1) is 16.3. The van der Waals surface area contributed by atoms with Gasteiger partial charge in [-0.1, -0.05) is 24.6 Å². The van der Waals surface area contributed by atoms with Gasteiger partial charge in [-0.25, -0.2) is 0 Å². The quantitative estimate of drug-likeness (QED) is 0.891. The zero-order valence-corrected chi connectivity index (χ0v) is 13.8. The van der Waals surface area contributed by atoms with Crippen LogP contribution in [0.3, 0.4) is 0 Å². The third-order valence-electron chi connectivity index (χ3n) is 4.04. The molecule has 3 heteroatoms. The summed E-state index contributed by atoms with van der Waals surface area (Å²) in [5, 5.41) is 13.6. The summed E-state index contributed by atoms with van der Waals surface area (Å²) in [5.41, 5.74) is 2.38. The molecule has 2 atom stereocenters. The normalized spacial score (nSPS) is 23.1. The maximum atomic E-state index is 10.1. The van der Waals surface area contributed by atoms with Crippen molar-refractivity contribution >= 4 is 0 Å². The van der Waals surface area contributed by atoms with E-state index in [4.69, 9.17) is 4.74 Å². The summed E-state index contributed by atoms with van der Waals surface area (Å²) in [7, 11) is 0. The van der Waals surface area contributed by atoms with E-state index in [1.165, 1.54) is 5.56 Å². The maximum Gasteiger partial charge on any atom is 0.127 e. The van der Waals surface area contributed by atoms with E-state index in [9.17, 15) is 5.11 Å². The van der Waals surface area contributed by atoms with Crippen LogP contribution in [0, 0.1) is 6.92 Å². The van der Waals surface area contributed by atoms with Crippen molar-refractivity contribution in [3.05, 3.63) is 29.3 Å². The van der Waals surface area contributed by atoms with Crippen LogP contribution < -0.4 is 10.1 Å². The number of aryl methyl sites for hydroxylation is 1. The molecular formula is C18H29NO2. The minimum Gasteiger partial charge on any atom is -0.487 e. The highest BCUT2D eigenvalue weighted by Gasteiger charge is 2.26. The number of aliphatic hydroxyl groups excluding tert-OH is 1. The summed E-state index contributed by atoms with van der Waals surface area (Å²) in [5.74, 6) is 0.945. The molecule has 1 aromatic carbocycles. The minimum absolute atomic E-state index is 0.0618. The van der Waals surface area contributed by atoms with Gasteiger partial charge in [0.1, 0.15) is 11.9 Å². The predicted molar refractivity (Wildman–Crippen MR) is 86.7 cm³/mol. The number of para-hydroxylation sites is 1. The van der Waals surface area contributed by atoms with Gasteiger partial charge in [-0.2, -0.15) is 0 Å². The summed E-state index contributed by atoms with van der Waals surface area (Å²) in [4.78, 5) is 0. The standard InChI is InChI=1S/C18H29NO2/c1-13-8-7-9-14(12-19-18(2,3)4)17(13)21-16-11-6-5-10-15(16)20/h7-9,15-16,19-20H,5-6,10-12H2,1-4H3. The first-order chi connectivity index (χ1) is 9.87. The van der Waals surface area contributed by atoms with Crippen LogP contribution >= 0.6 is 0 Å². The molecular weight excluding hydrogens is 262 g/mol. The largest absolute Gasteiger partial charge is 0.487 e. The fourth-order valence-corrected chi connectivity index (χ4v) is 2.75. The summed E-state index contributed by atoms with van der Waals surface area (Å²) in [6.07, 6.45) is 3.65. The Morgan fingerprint density at radius 1 is 1.24 bits per heavy atom. The third-order valence-corrected chi connectivity index (χ3v) is 4.04. The Morgan fingerprint density at radius 2 is 1.95 bits per heavy atom. The van der Waals surface area contributed by atoms with Gasteiger partial charge in [0.05, 0.1) is 6.10 Å². The Balaban J connectivity index is 2.13. The Labute approximate surface area is 128 Å². The lowest BCUT2D eigenvalue weighted by atomic mass is 9.94. The van der Waals surface area contributed by atoms with Crippen molar-refractivity contribution in [2.24, 2.45) is 0 Å². The van der Waals surface area contributed by atoms with E-state index in [1.54, 1.807) is 0 Å². The molecule has 0 spiro atoms. The smallest absolute Gasteiger partial charge is 0.127 e. The van der Waals surface area contributed by atoms with Gasteiger partial charge in [-0.05, 0) is 52.5 Å². The van der Waals surface area contributed by atoms with Gasteiger partial charge in [0.2, 0.25) is 0 Å². The van der Waals surface area contributed by atoms with Crippen molar-refractivity contribution in [2.75, 3.05) is 0 Å². The fraction of sp³-hybridized carbons (Fsp3) is 0.667. The highest BCUT2D eigenvalue weighted by atomic mass is 16.5. The van der Waals surface area contributed by atoms with E-state index in [1.807, 2.05) is 0 Å². The number of nitrogens with one attached hydrogen (secondary N) is 1. The van der Waals surface area contributed by atoms with Crippen LogP contribution in [0.15, 0.2) is 18.2 Å². The number of rotatable bonds is 4. The van der Waals surface area contributed by atoms with Crippen LogP contribution in [0.1, 0.15) is 57.6 Å². The summed E-state index contributed by atoms with van der Waals surface area (Å²) in [6, 6.07) is 6.25. The number of hydrogen-bond donors (Lipinski definition) is 2. The Morgan fingerprint density at radius 3 is 2.62 bits per heavy atom. The van der Waals surface area contributed by atoms with Crippen molar-refractivity contribution in [2.45, 2.75) is 77.7 Å². The van der Waals surface area contributed by atoms with E-state index >= 15 is 0 Å².